The third kappa shape index (κ3) is 10.8. The van der Waals surface area contributed by atoms with Gasteiger partial charge < -0.3 is 14.4 Å². The number of fused-ring (bicyclic) bond motifs is 7. The second kappa shape index (κ2) is 25.9. The van der Waals surface area contributed by atoms with Gasteiger partial charge in [-0.15, -0.1) is 0 Å². The van der Waals surface area contributed by atoms with Crippen molar-refractivity contribution in [1.29, 1.82) is 0 Å². The first-order valence-corrected chi connectivity index (χ1v) is 35.5. The summed E-state index contributed by atoms with van der Waals surface area (Å²) in [6.07, 6.45) is 0. The van der Waals surface area contributed by atoms with Gasteiger partial charge in [-0.25, -0.2) is 44.9 Å². The Kier molecular flexibility index (Phi) is 15.0. The molecular formula is C93H59BN12. The van der Waals surface area contributed by atoms with Gasteiger partial charge >= 0.3 is 0 Å². The molecule has 106 heavy (non-hydrogen) atoms. The molecule has 18 aromatic rings. The maximum absolute atomic E-state index is 5.64. The highest BCUT2D eigenvalue weighted by atomic mass is 15.2. The van der Waals surface area contributed by atoms with Crippen molar-refractivity contribution in [3.05, 3.63) is 358 Å². The van der Waals surface area contributed by atoms with E-state index in [1.54, 1.807) is 0 Å². The van der Waals surface area contributed by atoms with Crippen molar-refractivity contribution < 1.29 is 0 Å². The zero-order valence-electron chi connectivity index (χ0n) is 57.0. The minimum absolute atomic E-state index is 0.0500. The molecule has 0 amide bonds. The van der Waals surface area contributed by atoms with Gasteiger partial charge in [-0.1, -0.05) is 273 Å². The Morgan fingerprint density at radius 3 is 1.04 bits per heavy atom. The summed E-state index contributed by atoms with van der Waals surface area (Å²) in [7, 11) is 0. The van der Waals surface area contributed by atoms with E-state index in [-0.39, 0.29) is 6.71 Å². The molecule has 0 radical (unpaired) electrons. The van der Waals surface area contributed by atoms with Crippen LogP contribution in [0.1, 0.15) is 0 Å². The third-order valence-corrected chi connectivity index (χ3v) is 20.1. The van der Waals surface area contributed by atoms with Crippen LogP contribution >= 0.6 is 0 Å². The molecule has 6 heterocycles. The number of aromatic nitrogens is 10. The molecule has 0 N–H and O–H groups in total. The number of hydrogen-bond donors (Lipinski definition) is 0. The van der Waals surface area contributed by atoms with E-state index in [2.05, 4.69) is 233 Å². The Labute approximate surface area is 611 Å². The van der Waals surface area contributed by atoms with Gasteiger partial charge in [-0.3, -0.25) is 0 Å². The number of rotatable bonds is 13. The second-order valence-electron chi connectivity index (χ2n) is 26.4. The van der Waals surface area contributed by atoms with Crippen LogP contribution in [0.3, 0.4) is 0 Å². The van der Waals surface area contributed by atoms with E-state index in [1.165, 1.54) is 22.1 Å². The van der Waals surface area contributed by atoms with Crippen molar-refractivity contribution in [1.82, 2.24) is 49.4 Å². The fraction of sp³-hybridized carbons (Fsp3) is 0. The molecule has 0 unspecified atom stereocenters. The van der Waals surface area contributed by atoms with Crippen LogP contribution in [0, 0.1) is 0 Å². The zero-order chi connectivity index (χ0) is 70.0. The molecule has 0 fully saturated rings. The maximum Gasteiger partial charge on any atom is 0.252 e. The molecule has 0 spiro atoms. The summed E-state index contributed by atoms with van der Waals surface area (Å²) >= 11 is 0. The normalized spacial score (nSPS) is 12.1. The first-order chi connectivity index (χ1) is 52.6. The van der Waals surface area contributed by atoms with E-state index in [4.69, 9.17) is 44.9 Å². The van der Waals surface area contributed by atoms with Gasteiger partial charge in [0, 0.05) is 94.8 Å². The lowest BCUT2D eigenvalue weighted by atomic mass is 9.33. The van der Waals surface area contributed by atoms with E-state index >= 15 is 0 Å². The minimum Gasteiger partial charge on any atom is -0.311 e. The quantitative estimate of drug-likeness (QED) is 0.102. The molecule has 0 atom stereocenters. The minimum atomic E-state index is -0.0500. The van der Waals surface area contributed by atoms with Crippen LogP contribution in [0.25, 0.3) is 141 Å². The van der Waals surface area contributed by atoms with Crippen molar-refractivity contribution in [2.45, 2.75) is 0 Å². The first kappa shape index (κ1) is 61.4. The Hall–Kier alpha value is -14.4. The van der Waals surface area contributed by atoms with E-state index in [9.17, 15) is 0 Å². The highest BCUT2D eigenvalue weighted by Crippen LogP contribution is 2.49. The molecule has 13 heteroatoms. The largest absolute Gasteiger partial charge is 0.311 e. The predicted molar refractivity (Wildman–Crippen MR) is 429 cm³/mol. The molecule has 0 saturated carbocycles. The average molecular weight is 1360 g/mol. The lowest BCUT2D eigenvalue weighted by Gasteiger charge is -2.45. The number of anilines is 6. The van der Waals surface area contributed by atoms with Crippen LogP contribution < -0.4 is 26.2 Å². The van der Waals surface area contributed by atoms with Crippen LogP contribution in [-0.4, -0.2) is 56.1 Å². The predicted octanol–water partition coefficient (Wildman–Crippen LogP) is 20.1. The fourth-order valence-electron chi connectivity index (χ4n) is 15.3. The van der Waals surface area contributed by atoms with Gasteiger partial charge in [-0.05, 0) is 107 Å². The van der Waals surface area contributed by atoms with E-state index in [1.807, 2.05) is 140 Å². The van der Waals surface area contributed by atoms with Crippen molar-refractivity contribution in [3.63, 3.8) is 0 Å². The molecule has 20 rings (SSSR count). The molecule has 2 aliphatic heterocycles. The molecule has 14 aromatic carbocycles. The number of benzene rings is 14. The summed E-state index contributed by atoms with van der Waals surface area (Å²) in [6.45, 7) is -0.0500. The molecule has 0 aliphatic carbocycles. The smallest absolute Gasteiger partial charge is 0.252 e. The molecule has 2 aliphatic rings. The Bertz CT molecular complexity index is 6260. The molecule has 494 valence electrons. The van der Waals surface area contributed by atoms with Gasteiger partial charge in [0.2, 0.25) is 0 Å². The van der Waals surface area contributed by atoms with E-state index in [0.717, 1.165) is 117 Å². The van der Waals surface area contributed by atoms with E-state index < -0.39 is 0 Å². The lowest BCUT2D eigenvalue weighted by molar-refractivity contribution is 1.06. The lowest BCUT2D eigenvalue weighted by Crippen LogP contribution is -2.61. The van der Waals surface area contributed by atoms with Gasteiger partial charge in [0.1, 0.15) is 0 Å². The summed E-state index contributed by atoms with van der Waals surface area (Å²) in [5.74, 6) is 4.78. The van der Waals surface area contributed by atoms with Crippen molar-refractivity contribution in [2.75, 3.05) is 9.80 Å². The first-order valence-electron chi connectivity index (χ1n) is 35.5. The summed E-state index contributed by atoms with van der Waals surface area (Å²) in [5, 5.41) is 2.04. The third-order valence-electron chi connectivity index (χ3n) is 20.1. The molecular weight excluding hydrogens is 1300 g/mol. The SMILES string of the molecule is c1ccc(-c2nc(-c3ccccc3)nc(-c3ccc(-n4c5ccccc5c5cc(-c6nc(-c7ccccc7)nc(-c7ccccc7)n6)ccc54)c(-c4nc(-c5ccccc5)nc(-c5ccc(-c6ccc7c8c6N(c6ccccc6)c6ccccc6B8c6ccccc6N7c6ccccc6)cc5)n4)c3)n2)cc1. The summed E-state index contributed by atoms with van der Waals surface area (Å²) in [6, 6.07) is 125. The van der Waals surface area contributed by atoms with Crippen LogP contribution in [0.5, 0.6) is 0 Å². The zero-order valence-corrected chi connectivity index (χ0v) is 57.0. The molecule has 0 bridgehead atoms. The van der Waals surface area contributed by atoms with E-state index in [0.29, 0.717) is 52.4 Å². The van der Waals surface area contributed by atoms with Crippen molar-refractivity contribution in [2.24, 2.45) is 0 Å². The maximum atomic E-state index is 5.64. The van der Waals surface area contributed by atoms with Gasteiger partial charge in [0.05, 0.1) is 22.4 Å². The van der Waals surface area contributed by atoms with Crippen LogP contribution in [0.4, 0.5) is 34.1 Å². The summed E-state index contributed by atoms with van der Waals surface area (Å²) in [5.41, 5.74) is 22.8. The molecule has 12 nitrogen and oxygen atoms in total. The van der Waals surface area contributed by atoms with Gasteiger partial charge in [-0.2, -0.15) is 0 Å². The molecule has 0 saturated heterocycles. The van der Waals surface area contributed by atoms with Crippen LogP contribution in [0.2, 0.25) is 0 Å². The highest BCUT2D eigenvalue weighted by Gasteiger charge is 2.44. The standard InChI is InChI=1S/C93H59BN12/c1-8-28-61(29-9-1)85-95-86(62-30-10-2-11-31-62)99-91(98-85)67-52-55-78-73(58-67)72-42-22-25-45-77(72)106(78)79-56-53-68(92-100-87(63-32-12-3-13-33-63)96-88(101-92)64-34-14-4-15-35-64)59-74(79)93-102-89(65-36-16-5-17-37-65)97-90(103-93)66-50-48-60(49-51-66)71-54-57-82-83-84(71)105(70-40-20-7-21-41-70)81-47-27-24-44-76(81)94(83)75-43-23-26-46-80(75)104(82)69-38-18-6-19-39-69/h1-59H. The molecule has 4 aromatic heterocycles. The fourth-order valence-corrected chi connectivity index (χ4v) is 15.3. The van der Waals surface area contributed by atoms with Gasteiger partial charge in [0.25, 0.3) is 6.71 Å². The Balaban J connectivity index is 0.785. The summed E-state index contributed by atoms with van der Waals surface area (Å²) in [4.78, 5) is 52.5. The summed E-state index contributed by atoms with van der Waals surface area (Å²) < 4.78 is 2.31. The topological polar surface area (TPSA) is 127 Å². The van der Waals surface area contributed by atoms with Crippen LogP contribution in [0.15, 0.2) is 358 Å². The van der Waals surface area contributed by atoms with Gasteiger partial charge in [0.15, 0.2) is 52.4 Å². The number of para-hydroxylation sites is 5. The number of nitrogens with zero attached hydrogens (tertiary/aromatic N) is 12. The second-order valence-corrected chi connectivity index (χ2v) is 26.4. The number of hydrogen-bond acceptors (Lipinski definition) is 11. The van der Waals surface area contributed by atoms with Crippen LogP contribution in [-0.2, 0) is 0 Å². The highest BCUT2D eigenvalue weighted by molar-refractivity contribution is 7.00. The Morgan fingerprint density at radius 1 is 0.208 bits per heavy atom. The average Bonchev–Trinajstić information content (AvgIpc) is 0.799. The van der Waals surface area contributed by atoms with Crippen molar-refractivity contribution >= 4 is 79.0 Å². The Morgan fingerprint density at radius 2 is 0.547 bits per heavy atom. The monoisotopic (exact) mass is 1350 g/mol. The van der Waals surface area contributed by atoms with Crippen molar-refractivity contribution in [3.8, 4) is 119 Å².